The Hall–Kier alpha value is -0.850. The maximum absolute atomic E-state index is 11.4. The van der Waals surface area contributed by atoms with Crippen molar-refractivity contribution in [3.05, 3.63) is 0 Å². The number of carbonyl (C=O) groups excluding carboxylic acids is 1. The van der Waals surface area contributed by atoms with Crippen molar-refractivity contribution in [3.63, 3.8) is 0 Å². The molecule has 0 bridgehead atoms. The van der Waals surface area contributed by atoms with Gasteiger partial charge in [0.05, 0.1) is 25.4 Å². The Kier molecular flexibility index (Phi) is 2.31. The van der Waals surface area contributed by atoms with Gasteiger partial charge in [-0.3, -0.25) is 0 Å². The predicted molar refractivity (Wildman–Crippen MR) is 51.9 cm³/mol. The number of hydrogen-bond acceptors (Lipinski definition) is 5. The summed E-state index contributed by atoms with van der Waals surface area (Å²) in [6.07, 6.45) is -0.265. The summed E-state index contributed by atoms with van der Waals surface area (Å²) in [7, 11) is 1.71. The molecule has 0 aromatic heterocycles. The first-order valence-corrected chi connectivity index (χ1v) is 5.52. The number of likely N-dealkylation sites (N-methyl/N-ethyl adjacent to an activating group) is 1. The van der Waals surface area contributed by atoms with Crippen molar-refractivity contribution in [2.24, 2.45) is 0 Å². The molecule has 6 heteroatoms. The van der Waals surface area contributed by atoms with Crippen LogP contribution in [0.1, 0.15) is 6.42 Å². The molecular formula is C10H15NO5. The SMILES string of the molecule is CN1C(=O)O[C@@H]2CO[C@@H]3CC(CO)O[C@@H]3[C@@H]21. The van der Waals surface area contributed by atoms with Gasteiger partial charge in [-0.25, -0.2) is 4.79 Å². The van der Waals surface area contributed by atoms with E-state index in [0.717, 1.165) is 0 Å². The van der Waals surface area contributed by atoms with Crippen LogP contribution in [-0.2, 0) is 14.2 Å². The van der Waals surface area contributed by atoms with E-state index in [4.69, 9.17) is 19.3 Å². The largest absolute Gasteiger partial charge is 0.441 e. The summed E-state index contributed by atoms with van der Waals surface area (Å²) in [5.41, 5.74) is 0. The highest BCUT2D eigenvalue weighted by Gasteiger charge is 2.54. The highest BCUT2D eigenvalue weighted by atomic mass is 16.6. The summed E-state index contributed by atoms with van der Waals surface area (Å²) >= 11 is 0. The zero-order valence-electron chi connectivity index (χ0n) is 9.04. The molecular weight excluding hydrogens is 214 g/mol. The normalized spacial score (nSPS) is 46.5. The molecule has 5 atom stereocenters. The number of aliphatic hydroxyl groups excluding tert-OH is 1. The first-order chi connectivity index (χ1) is 7.70. The summed E-state index contributed by atoms with van der Waals surface area (Å²) in [4.78, 5) is 13.0. The Bertz CT molecular complexity index is 310. The fourth-order valence-electron chi connectivity index (χ4n) is 2.78. The van der Waals surface area contributed by atoms with E-state index in [0.29, 0.717) is 13.0 Å². The lowest BCUT2D eigenvalue weighted by Gasteiger charge is -2.35. The standard InChI is InChI=1S/C10H15NO5/c1-11-8-7(16-10(11)13)4-14-6-2-5(3-12)15-9(6)8/h5-9,12H,2-4H2,1H3/t5?,6-,7-,8-,9+/m1/s1. The van der Waals surface area contributed by atoms with Crippen molar-refractivity contribution >= 4 is 6.09 Å². The predicted octanol–water partition coefficient (Wildman–Crippen LogP) is -0.646. The highest BCUT2D eigenvalue weighted by Crippen LogP contribution is 2.36. The Balaban J connectivity index is 1.81. The average Bonchev–Trinajstić information content (AvgIpc) is 2.81. The van der Waals surface area contributed by atoms with Crippen molar-refractivity contribution in [2.45, 2.75) is 36.9 Å². The first-order valence-electron chi connectivity index (χ1n) is 5.52. The molecule has 6 nitrogen and oxygen atoms in total. The highest BCUT2D eigenvalue weighted by molar-refractivity contribution is 5.70. The zero-order valence-corrected chi connectivity index (χ0v) is 9.04. The van der Waals surface area contributed by atoms with Gasteiger partial charge >= 0.3 is 6.09 Å². The van der Waals surface area contributed by atoms with E-state index in [1.54, 1.807) is 11.9 Å². The van der Waals surface area contributed by atoms with Crippen LogP contribution >= 0.6 is 0 Å². The van der Waals surface area contributed by atoms with Crippen LogP contribution in [0.4, 0.5) is 4.79 Å². The molecule has 3 heterocycles. The van der Waals surface area contributed by atoms with Crippen molar-refractivity contribution in [1.29, 1.82) is 0 Å². The zero-order chi connectivity index (χ0) is 11.3. The lowest BCUT2D eigenvalue weighted by Crippen LogP contribution is -2.54. The smallest absolute Gasteiger partial charge is 0.410 e. The van der Waals surface area contributed by atoms with Crippen LogP contribution in [0.2, 0.25) is 0 Å². The van der Waals surface area contributed by atoms with Crippen LogP contribution in [-0.4, -0.2) is 66.8 Å². The fourth-order valence-corrected chi connectivity index (χ4v) is 2.78. The maximum Gasteiger partial charge on any atom is 0.410 e. The van der Waals surface area contributed by atoms with E-state index in [1.165, 1.54) is 0 Å². The number of fused-ring (bicyclic) bond motifs is 3. The quantitative estimate of drug-likeness (QED) is 0.647. The molecule has 3 rings (SSSR count). The molecule has 0 aromatic carbocycles. The van der Waals surface area contributed by atoms with Crippen molar-refractivity contribution in [2.75, 3.05) is 20.3 Å². The third kappa shape index (κ3) is 1.33. The van der Waals surface area contributed by atoms with Crippen molar-refractivity contribution < 1.29 is 24.1 Å². The van der Waals surface area contributed by atoms with E-state index in [-0.39, 0.29) is 43.2 Å². The van der Waals surface area contributed by atoms with Crippen LogP contribution in [0.25, 0.3) is 0 Å². The average molecular weight is 229 g/mol. The Labute approximate surface area is 93.1 Å². The van der Waals surface area contributed by atoms with Gasteiger partial charge in [-0.1, -0.05) is 0 Å². The van der Waals surface area contributed by atoms with Crippen LogP contribution in [0.3, 0.4) is 0 Å². The van der Waals surface area contributed by atoms with Crippen molar-refractivity contribution in [1.82, 2.24) is 4.90 Å². The van der Waals surface area contributed by atoms with Crippen LogP contribution < -0.4 is 0 Å². The lowest BCUT2D eigenvalue weighted by molar-refractivity contribution is -0.120. The number of ether oxygens (including phenoxy) is 3. The first kappa shape index (κ1) is 10.3. The monoisotopic (exact) mass is 229 g/mol. The van der Waals surface area contributed by atoms with E-state index < -0.39 is 0 Å². The van der Waals surface area contributed by atoms with Gasteiger partial charge < -0.3 is 24.2 Å². The van der Waals surface area contributed by atoms with Gasteiger partial charge in [0.1, 0.15) is 18.2 Å². The summed E-state index contributed by atoms with van der Waals surface area (Å²) in [6, 6.07) is -0.0807. The molecule has 3 aliphatic heterocycles. The third-order valence-electron chi connectivity index (χ3n) is 3.59. The van der Waals surface area contributed by atoms with Gasteiger partial charge in [0.25, 0.3) is 0 Å². The number of hydrogen-bond donors (Lipinski definition) is 1. The van der Waals surface area contributed by atoms with Gasteiger partial charge in [-0.15, -0.1) is 0 Å². The molecule has 1 unspecified atom stereocenters. The molecule has 0 aromatic rings. The molecule has 0 radical (unpaired) electrons. The molecule has 3 fully saturated rings. The molecule has 3 saturated heterocycles. The molecule has 90 valence electrons. The number of amides is 1. The minimum Gasteiger partial charge on any atom is -0.441 e. The molecule has 1 amide bonds. The van der Waals surface area contributed by atoms with Gasteiger partial charge in [-0.05, 0) is 0 Å². The molecule has 16 heavy (non-hydrogen) atoms. The number of aliphatic hydroxyl groups is 1. The van der Waals surface area contributed by atoms with Gasteiger partial charge in [0.15, 0.2) is 0 Å². The van der Waals surface area contributed by atoms with Crippen molar-refractivity contribution in [3.8, 4) is 0 Å². The van der Waals surface area contributed by atoms with E-state index in [1.807, 2.05) is 0 Å². The minimum absolute atomic E-state index is 0.00767. The Morgan fingerprint density at radius 2 is 2.31 bits per heavy atom. The minimum atomic E-state index is -0.324. The molecule has 3 aliphatic rings. The Morgan fingerprint density at radius 1 is 1.50 bits per heavy atom. The maximum atomic E-state index is 11.4. The molecule has 0 saturated carbocycles. The van der Waals surface area contributed by atoms with Crippen LogP contribution in [0, 0.1) is 0 Å². The second kappa shape index (κ2) is 3.58. The second-order valence-electron chi connectivity index (χ2n) is 4.54. The molecule has 0 aliphatic carbocycles. The number of rotatable bonds is 1. The Morgan fingerprint density at radius 3 is 3.06 bits per heavy atom. The fraction of sp³-hybridized carbons (Fsp3) is 0.900. The van der Waals surface area contributed by atoms with E-state index >= 15 is 0 Å². The summed E-state index contributed by atoms with van der Waals surface area (Å²) in [6.45, 7) is 0.412. The van der Waals surface area contributed by atoms with Crippen LogP contribution in [0.5, 0.6) is 0 Å². The lowest BCUT2D eigenvalue weighted by atomic mass is 9.96. The summed E-state index contributed by atoms with van der Waals surface area (Å²) in [5.74, 6) is 0. The van der Waals surface area contributed by atoms with Gasteiger partial charge in [0, 0.05) is 13.5 Å². The topological polar surface area (TPSA) is 68.2 Å². The summed E-state index contributed by atoms with van der Waals surface area (Å²) < 4.78 is 16.5. The van der Waals surface area contributed by atoms with Gasteiger partial charge in [-0.2, -0.15) is 0 Å². The third-order valence-corrected chi connectivity index (χ3v) is 3.59. The van der Waals surface area contributed by atoms with E-state index in [9.17, 15) is 4.79 Å². The number of nitrogens with zero attached hydrogens (tertiary/aromatic N) is 1. The number of carbonyl (C=O) groups is 1. The summed E-state index contributed by atoms with van der Waals surface area (Å²) in [5, 5.41) is 9.08. The van der Waals surface area contributed by atoms with Crippen LogP contribution in [0.15, 0.2) is 0 Å². The van der Waals surface area contributed by atoms with Gasteiger partial charge in [0.2, 0.25) is 0 Å². The second-order valence-corrected chi connectivity index (χ2v) is 4.54. The molecule has 0 spiro atoms. The van der Waals surface area contributed by atoms with E-state index in [2.05, 4.69) is 0 Å². The molecule has 1 N–H and O–H groups in total.